The monoisotopic (exact) mass is 756 g/mol. The summed E-state index contributed by atoms with van der Waals surface area (Å²) in [5.74, 6) is -1.40. The molecule has 0 bridgehead atoms. The van der Waals surface area contributed by atoms with Gasteiger partial charge >= 0.3 is 59.1 Å². The minimum atomic E-state index is -4.81. The van der Waals surface area contributed by atoms with Gasteiger partial charge in [-0.1, -0.05) is 35.8 Å². The minimum absolute atomic E-state index is 0. The summed E-state index contributed by atoms with van der Waals surface area (Å²) in [6.45, 7) is 3.55. The predicted octanol–water partition coefficient (Wildman–Crippen LogP) is 0.921. The maximum Gasteiger partial charge on any atom is 1.00 e. The number of aryl methyl sites for hydroxylation is 2. The quantitative estimate of drug-likeness (QED) is 0.0775. The Balaban J connectivity index is 0.00000302. The van der Waals surface area contributed by atoms with Crippen molar-refractivity contribution in [3.8, 4) is 22.6 Å². The van der Waals surface area contributed by atoms with Crippen LogP contribution in [0.25, 0.3) is 32.7 Å². The zero-order chi connectivity index (χ0) is 36.1. The second-order valence-corrected chi connectivity index (χ2v) is 14.2. The molecule has 52 heavy (non-hydrogen) atoms. The van der Waals surface area contributed by atoms with Crippen molar-refractivity contribution in [1.29, 1.82) is 0 Å². The van der Waals surface area contributed by atoms with Gasteiger partial charge in [0.2, 0.25) is 0 Å². The van der Waals surface area contributed by atoms with E-state index >= 15 is 0 Å². The van der Waals surface area contributed by atoms with Crippen molar-refractivity contribution in [3.05, 3.63) is 96.1 Å². The van der Waals surface area contributed by atoms with Crippen molar-refractivity contribution in [2.75, 3.05) is 11.5 Å². The smallest absolute Gasteiger partial charge is 0.871 e. The molecule has 0 saturated heterocycles. The Morgan fingerprint density at radius 2 is 1.12 bits per heavy atom. The molecule has 0 aliphatic rings. The van der Waals surface area contributed by atoms with Crippen molar-refractivity contribution in [1.82, 2.24) is 0 Å². The van der Waals surface area contributed by atoms with Crippen LogP contribution in [0.1, 0.15) is 11.1 Å². The minimum Gasteiger partial charge on any atom is -0.871 e. The number of nitrogens with two attached hydrogens (primary N) is 2. The van der Waals surface area contributed by atoms with Crippen LogP contribution in [0.3, 0.4) is 0 Å². The second-order valence-electron chi connectivity index (χ2n) is 11.4. The fraction of sp³-hybridized carbons (Fsp3) is 0.0588. The van der Waals surface area contributed by atoms with E-state index in [4.69, 9.17) is 11.5 Å². The molecular formula is C34H26N6Na2O8S2. The number of benzene rings is 6. The third-order valence-electron chi connectivity index (χ3n) is 7.97. The van der Waals surface area contributed by atoms with Gasteiger partial charge in [0.15, 0.2) is 0 Å². The summed E-state index contributed by atoms with van der Waals surface area (Å²) in [5.41, 5.74) is 15.2. The van der Waals surface area contributed by atoms with Gasteiger partial charge in [0.25, 0.3) is 20.2 Å². The van der Waals surface area contributed by atoms with Crippen LogP contribution in [0, 0.1) is 13.8 Å². The summed E-state index contributed by atoms with van der Waals surface area (Å²) in [6.07, 6.45) is 0. The van der Waals surface area contributed by atoms with Crippen LogP contribution in [0.4, 0.5) is 34.1 Å². The molecule has 18 heteroatoms. The van der Waals surface area contributed by atoms with E-state index < -0.39 is 47.2 Å². The molecule has 0 saturated carbocycles. The third kappa shape index (κ3) is 8.16. The number of anilines is 2. The zero-order valence-electron chi connectivity index (χ0n) is 28.2. The molecule has 0 spiro atoms. The van der Waals surface area contributed by atoms with Crippen LogP contribution in [0.2, 0.25) is 0 Å². The third-order valence-corrected chi connectivity index (χ3v) is 9.75. The molecule has 0 atom stereocenters. The van der Waals surface area contributed by atoms with Crippen LogP contribution in [-0.4, -0.2) is 25.9 Å². The van der Waals surface area contributed by atoms with E-state index in [1.807, 2.05) is 12.1 Å². The van der Waals surface area contributed by atoms with Crippen LogP contribution in [0.15, 0.2) is 115 Å². The molecule has 0 radical (unpaired) electrons. The number of rotatable bonds is 7. The Morgan fingerprint density at radius 3 is 1.67 bits per heavy atom. The fourth-order valence-electron chi connectivity index (χ4n) is 5.45. The van der Waals surface area contributed by atoms with Crippen LogP contribution in [0.5, 0.6) is 11.5 Å². The summed E-state index contributed by atoms with van der Waals surface area (Å²) >= 11 is 0. The van der Waals surface area contributed by atoms with Crippen molar-refractivity contribution >= 4 is 75.9 Å². The number of fused-ring (bicyclic) bond motifs is 2. The molecule has 14 nitrogen and oxygen atoms in total. The summed E-state index contributed by atoms with van der Waals surface area (Å²) in [5, 5.41) is 42.9. The largest absolute Gasteiger partial charge is 1.00 e. The molecule has 6 aromatic carbocycles. The van der Waals surface area contributed by atoms with Crippen molar-refractivity contribution in [3.63, 3.8) is 0 Å². The molecule has 0 aliphatic heterocycles. The van der Waals surface area contributed by atoms with Crippen LogP contribution < -0.4 is 80.8 Å². The molecule has 6 N–H and O–H groups in total. The fourth-order valence-corrected chi connectivity index (χ4v) is 6.79. The SMILES string of the molecule is Cc1cc(-c2ccc(N=Nc3c(S(=O)(=O)O)cc4ccc(N)cc4c3[O-])c(C)c2)ccc1N=Nc1ccc2c(S(=O)(=O)O)ccc(N)c2c1[O-].[Na+].[Na+]. The normalized spacial score (nSPS) is 12.0. The van der Waals surface area contributed by atoms with Gasteiger partial charge in [-0.25, -0.2) is 0 Å². The molecule has 6 aromatic rings. The standard InChI is InChI=1S/C34H28N6O8S2.2Na/c1-17-13-19(4-9-26(17)37-39-28-11-7-23-29(49(43,44)45)12-8-25(36)31(23)34(28)42)20-5-10-27(18(2)14-20)38-40-32-30(50(46,47)48)15-21-3-6-22(35)16-24(21)33(32)41;;/h3-16,41-42H,35-36H2,1-2H3,(H,43,44,45)(H,46,47,48);;/q;2*+1/p-2. The average molecular weight is 757 g/mol. The maximum atomic E-state index is 13.2. The molecule has 0 aliphatic carbocycles. The van der Waals surface area contributed by atoms with Gasteiger partial charge in [0.1, 0.15) is 9.79 Å². The van der Waals surface area contributed by atoms with E-state index in [2.05, 4.69) is 20.5 Å². The Hall–Kier alpha value is -3.94. The van der Waals surface area contributed by atoms with E-state index in [9.17, 15) is 36.2 Å². The molecule has 6 rings (SSSR count). The molecule has 0 amide bonds. The van der Waals surface area contributed by atoms with Crippen LogP contribution >= 0.6 is 0 Å². The molecule has 0 heterocycles. The number of nitrogens with zero attached hydrogens (tertiary/aromatic N) is 4. The first-order chi connectivity index (χ1) is 23.5. The Kier molecular flexibility index (Phi) is 12.2. The van der Waals surface area contributed by atoms with Gasteiger partial charge in [-0.2, -0.15) is 32.2 Å². The Labute approximate surface area is 342 Å². The summed E-state index contributed by atoms with van der Waals surface area (Å²) < 4.78 is 67.1. The van der Waals surface area contributed by atoms with E-state index in [1.165, 1.54) is 36.4 Å². The van der Waals surface area contributed by atoms with E-state index in [0.29, 0.717) is 28.2 Å². The predicted molar refractivity (Wildman–Crippen MR) is 185 cm³/mol. The maximum absolute atomic E-state index is 13.2. The van der Waals surface area contributed by atoms with E-state index in [0.717, 1.165) is 23.3 Å². The van der Waals surface area contributed by atoms with E-state index in [-0.39, 0.29) is 92.0 Å². The van der Waals surface area contributed by atoms with Crippen molar-refractivity contribution in [2.24, 2.45) is 20.5 Å². The Bertz CT molecular complexity index is 2690. The van der Waals surface area contributed by atoms with Gasteiger partial charge in [0.05, 0.1) is 22.7 Å². The first-order valence-electron chi connectivity index (χ1n) is 14.6. The number of azo groups is 2. The van der Waals surface area contributed by atoms with Gasteiger partial charge in [-0.3, -0.25) is 9.11 Å². The first kappa shape index (κ1) is 40.8. The van der Waals surface area contributed by atoms with Crippen molar-refractivity contribution < 1.29 is 95.3 Å². The average Bonchev–Trinajstić information content (AvgIpc) is 3.04. The van der Waals surface area contributed by atoms with Gasteiger partial charge < -0.3 is 21.7 Å². The summed E-state index contributed by atoms with van der Waals surface area (Å²) in [4.78, 5) is -1.12. The van der Waals surface area contributed by atoms with Gasteiger partial charge in [-0.05, 0) is 108 Å². The molecule has 0 aromatic heterocycles. The van der Waals surface area contributed by atoms with E-state index in [1.54, 1.807) is 38.1 Å². The first-order valence-corrected chi connectivity index (χ1v) is 17.5. The number of hydrogen-bond acceptors (Lipinski definition) is 12. The molecular weight excluding hydrogens is 731 g/mol. The number of nitrogen functional groups attached to an aromatic ring is 2. The zero-order valence-corrected chi connectivity index (χ0v) is 33.8. The second kappa shape index (κ2) is 15.6. The number of hydrogen-bond donors (Lipinski definition) is 4. The van der Waals surface area contributed by atoms with Gasteiger partial charge in [-0.15, -0.1) is 5.11 Å². The topological polar surface area (TPSA) is 256 Å². The summed E-state index contributed by atoms with van der Waals surface area (Å²) in [6, 6.07) is 21.0. The van der Waals surface area contributed by atoms with Crippen LogP contribution in [-0.2, 0) is 20.2 Å². The Morgan fingerprint density at radius 1 is 0.577 bits per heavy atom. The molecule has 0 fully saturated rings. The van der Waals surface area contributed by atoms with Crippen molar-refractivity contribution in [2.45, 2.75) is 23.6 Å². The summed E-state index contributed by atoms with van der Waals surface area (Å²) in [7, 11) is -9.41. The molecule has 0 unspecified atom stereocenters. The van der Waals surface area contributed by atoms with Gasteiger partial charge in [0, 0.05) is 22.1 Å². The molecule has 254 valence electrons.